The van der Waals surface area contributed by atoms with Crippen LogP contribution in [-0.4, -0.2) is 5.11 Å². The summed E-state index contributed by atoms with van der Waals surface area (Å²) >= 11 is 5.79. The highest BCUT2D eigenvalue weighted by Crippen LogP contribution is 2.17. The van der Waals surface area contributed by atoms with E-state index >= 15 is 0 Å². The zero-order valence-electron chi connectivity index (χ0n) is 9.75. The van der Waals surface area contributed by atoms with Crippen LogP contribution in [0.25, 0.3) is 6.08 Å². The standard InChI is InChI=1S/C16H13ClO/c17-15-11-9-14(10-12-15)16(18)8-4-7-13-5-2-1-3-6-13/h1-3,5-12,16,18H. The maximum Gasteiger partial charge on any atom is 0.104 e. The van der Waals surface area contributed by atoms with Crippen molar-refractivity contribution in [3.63, 3.8) is 0 Å². The van der Waals surface area contributed by atoms with Gasteiger partial charge in [0.15, 0.2) is 0 Å². The Morgan fingerprint density at radius 1 is 1.00 bits per heavy atom. The maximum atomic E-state index is 9.91. The number of hydrogen-bond donors (Lipinski definition) is 1. The zero-order valence-corrected chi connectivity index (χ0v) is 10.5. The summed E-state index contributed by atoms with van der Waals surface area (Å²) in [5.41, 5.74) is 4.83. The van der Waals surface area contributed by atoms with E-state index in [1.807, 2.05) is 36.4 Å². The lowest BCUT2D eigenvalue weighted by atomic mass is 10.1. The quantitative estimate of drug-likeness (QED) is 0.815. The third-order valence-corrected chi connectivity index (χ3v) is 2.77. The van der Waals surface area contributed by atoms with Crippen molar-refractivity contribution >= 4 is 17.7 Å². The Morgan fingerprint density at radius 3 is 2.33 bits per heavy atom. The van der Waals surface area contributed by atoms with Gasteiger partial charge in [0.25, 0.3) is 0 Å². The van der Waals surface area contributed by atoms with Crippen LogP contribution in [0.4, 0.5) is 0 Å². The number of hydrogen-bond acceptors (Lipinski definition) is 1. The van der Waals surface area contributed by atoms with E-state index in [9.17, 15) is 5.11 Å². The monoisotopic (exact) mass is 256 g/mol. The van der Waals surface area contributed by atoms with Gasteiger partial charge in [-0.3, -0.25) is 0 Å². The number of benzene rings is 2. The normalized spacial score (nSPS) is 11.4. The smallest absolute Gasteiger partial charge is 0.104 e. The Balaban J connectivity index is 2.09. The molecule has 1 unspecified atom stereocenters. The summed E-state index contributed by atoms with van der Waals surface area (Å²) < 4.78 is 0. The van der Waals surface area contributed by atoms with E-state index in [1.54, 1.807) is 30.3 Å². The van der Waals surface area contributed by atoms with Crippen LogP contribution >= 0.6 is 11.6 Å². The summed E-state index contributed by atoms with van der Waals surface area (Å²) in [5.74, 6) is 0. The number of rotatable bonds is 3. The summed E-state index contributed by atoms with van der Waals surface area (Å²) in [6.45, 7) is 0. The van der Waals surface area contributed by atoms with Crippen LogP contribution in [0.1, 0.15) is 17.2 Å². The van der Waals surface area contributed by atoms with Crippen LogP contribution in [0.2, 0.25) is 5.02 Å². The second-order valence-corrected chi connectivity index (χ2v) is 4.32. The van der Waals surface area contributed by atoms with Gasteiger partial charge in [-0.05, 0) is 35.4 Å². The van der Waals surface area contributed by atoms with Crippen molar-refractivity contribution in [3.05, 3.63) is 82.6 Å². The van der Waals surface area contributed by atoms with E-state index in [2.05, 4.69) is 5.73 Å². The molecule has 0 bridgehead atoms. The molecule has 90 valence electrons. The van der Waals surface area contributed by atoms with E-state index in [1.165, 1.54) is 0 Å². The molecule has 2 heteroatoms. The highest BCUT2D eigenvalue weighted by atomic mass is 35.5. The molecule has 0 radical (unpaired) electrons. The van der Waals surface area contributed by atoms with E-state index in [0.717, 1.165) is 11.1 Å². The summed E-state index contributed by atoms with van der Waals surface area (Å²) in [7, 11) is 0. The lowest BCUT2D eigenvalue weighted by Crippen LogP contribution is -1.91. The van der Waals surface area contributed by atoms with Gasteiger partial charge < -0.3 is 5.11 Å². The summed E-state index contributed by atoms with van der Waals surface area (Å²) in [5, 5.41) is 10.6. The zero-order chi connectivity index (χ0) is 12.8. The van der Waals surface area contributed by atoms with Gasteiger partial charge in [-0.25, -0.2) is 0 Å². The molecule has 1 N–H and O–H groups in total. The van der Waals surface area contributed by atoms with Crippen molar-refractivity contribution in [1.29, 1.82) is 0 Å². The molecular formula is C16H13ClO. The molecule has 2 aromatic carbocycles. The SMILES string of the molecule is OC(C=C=Cc1ccccc1)c1ccc(Cl)cc1. The van der Waals surface area contributed by atoms with Gasteiger partial charge in [-0.2, -0.15) is 0 Å². The second kappa shape index (κ2) is 6.23. The largest absolute Gasteiger partial charge is 0.384 e. The molecule has 0 aromatic heterocycles. The number of halogens is 1. The molecule has 18 heavy (non-hydrogen) atoms. The average Bonchev–Trinajstić information content (AvgIpc) is 2.40. The topological polar surface area (TPSA) is 20.2 Å². The molecule has 0 spiro atoms. The van der Waals surface area contributed by atoms with E-state index in [4.69, 9.17) is 11.6 Å². The van der Waals surface area contributed by atoms with Gasteiger partial charge in [0, 0.05) is 5.02 Å². The Hall–Kier alpha value is -1.79. The van der Waals surface area contributed by atoms with Crippen LogP contribution in [0.15, 0.2) is 66.4 Å². The summed E-state index contributed by atoms with van der Waals surface area (Å²) in [6, 6.07) is 17.0. The van der Waals surface area contributed by atoms with E-state index in [0.29, 0.717) is 5.02 Å². The molecule has 1 atom stereocenters. The van der Waals surface area contributed by atoms with Gasteiger partial charge in [-0.15, -0.1) is 5.73 Å². The Morgan fingerprint density at radius 2 is 1.67 bits per heavy atom. The third-order valence-electron chi connectivity index (χ3n) is 2.52. The molecule has 2 aromatic rings. The molecule has 0 aliphatic heterocycles. The molecule has 0 amide bonds. The second-order valence-electron chi connectivity index (χ2n) is 3.88. The van der Waals surface area contributed by atoms with Crippen molar-refractivity contribution in [2.24, 2.45) is 0 Å². The molecule has 0 heterocycles. The minimum Gasteiger partial charge on any atom is -0.384 e. The maximum absolute atomic E-state index is 9.91. The highest BCUT2D eigenvalue weighted by Gasteiger charge is 2.01. The van der Waals surface area contributed by atoms with Gasteiger partial charge in [-0.1, -0.05) is 54.1 Å². The van der Waals surface area contributed by atoms with Gasteiger partial charge >= 0.3 is 0 Å². The Kier molecular flexibility index (Phi) is 4.38. The van der Waals surface area contributed by atoms with Gasteiger partial charge in [0.2, 0.25) is 0 Å². The first-order chi connectivity index (χ1) is 8.75. The fraction of sp³-hybridized carbons (Fsp3) is 0.0625. The first-order valence-corrected chi connectivity index (χ1v) is 6.05. The van der Waals surface area contributed by atoms with Gasteiger partial charge in [0.05, 0.1) is 0 Å². The number of aliphatic hydroxyl groups is 1. The number of aliphatic hydroxyl groups excluding tert-OH is 1. The van der Waals surface area contributed by atoms with Crippen LogP contribution in [-0.2, 0) is 0 Å². The molecule has 0 saturated heterocycles. The van der Waals surface area contributed by atoms with Gasteiger partial charge in [0.1, 0.15) is 6.10 Å². The highest BCUT2D eigenvalue weighted by molar-refractivity contribution is 6.30. The minimum absolute atomic E-state index is 0.662. The lowest BCUT2D eigenvalue weighted by Gasteiger charge is -2.03. The molecule has 1 nitrogen and oxygen atoms in total. The van der Waals surface area contributed by atoms with Crippen molar-refractivity contribution in [1.82, 2.24) is 0 Å². The lowest BCUT2D eigenvalue weighted by molar-refractivity contribution is 0.229. The first-order valence-electron chi connectivity index (χ1n) is 5.67. The van der Waals surface area contributed by atoms with E-state index < -0.39 is 6.10 Å². The van der Waals surface area contributed by atoms with E-state index in [-0.39, 0.29) is 0 Å². The molecule has 2 rings (SSSR count). The fourth-order valence-corrected chi connectivity index (χ4v) is 1.67. The third kappa shape index (κ3) is 3.61. The van der Waals surface area contributed by atoms with Crippen molar-refractivity contribution in [2.45, 2.75) is 6.10 Å². The Labute approximate surface area is 112 Å². The van der Waals surface area contributed by atoms with Crippen LogP contribution in [0, 0.1) is 0 Å². The predicted octanol–water partition coefficient (Wildman–Crippen LogP) is 4.24. The average molecular weight is 257 g/mol. The van der Waals surface area contributed by atoms with Crippen molar-refractivity contribution in [2.75, 3.05) is 0 Å². The molecule has 0 saturated carbocycles. The minimum atomic E-state index is -0.665. The van der Waals surface area contributed by atoms with Crippen LogP contribution < -0.4 is 0 Å². The molecular weight excluding hydrogens is 244 g/mol. The van der Waals surface area contributed by atoms with Crippen molar-refractivity contribution < 1.29 is 5.11 Å². The van der Waals surface area contributed by atoms with Crippen LogP contribution in [0.5, 0.6) is 0 Å². The first kappa shape index (κ1) is 12.7. The summed E-state index contributed by atoms with van der Waals surface area (Å²) in [4.78, 5) is 0. The summed E-state index contributed by atoms with van der Waals surface area (Å²) in [6.07, 6.45) is 2.79. The molecule has 0 fully saturated rings. The fourth-order valence-electron chi connectivity index (χ4n) is 1.54. The molecule has 0 aliphatic carbocycles. The van der Waals surface area contributed by atoms with Crippen molar-refractivity contribution in [3.8, 4) is 0 Å². The molecule has 0 aliphatic rings. The Bertz CT molecular complexity index is 551. The predicted molar refractivity (Wildman–Crippen MR) is 75.4 cm³/mol. The van der Waals surface area contributed by atoms with Crippen LogP contribution in [0.3, 0.4) is 0 Å².